The fourth-order valence-corrected chi connectivity index (χ4v) is 2.59. The number of fused-ring (bicyclic) bond motifs is 1. The van der Waals surface area contributed by atoms with Crippen molar-refractivity contribution in [3.63, 3.8) is 0 Å². The maximum atomic E-state index is 12.6. The Hall–Kier alpha value is -2.50. The molecule has 1 unspecified atom stereocenters. The zero-order chi connectivity index (χ0) is 15.9. The molecule has 2 heterocycles. The summed E-state index contributed by atoms with van der Waals surface area (Å²) >= 11 is 0. The van der Waals surface area contributed by atoms with Gasteiger partial charge in [0.2, 0.25) is 5.91 Å². The second-order valence-corrected chi connectivity index (χ2v) is 5.56. The van der Waals surface area contributed by atoms with Crippen molar-refractivity contribution < 1.29 is 9.59 Å². The molecule has 2 aromatic rings. The molecule has 0 aliphatic carbocycles. The zero-order valence-electron chi connectivity index (χ0n) is 12.9. The first kappa shape index (κ1) is 14.4. The topological polar surface area (TPSA) is 75.2 Å². The van der Waals surface area contributed by atoms with Gasteiger partial charge >= 0.3 is 0 Å². The molecule has 1 aromatic carbocycles. The fourth-order valence-electron chi connectivity index (χ4n) is 2.59. The highest BCUT2D eigenvalue weighted by Crippen LogP contribution is 2.17. The summed E-state index contributed by atoms with van der Waals surface area (Å²) in [4.78, 5) is 34.9. The molecule has 1 aliphatic heterocycles. The second-order valence-electron chi connectivity index (χ2n) is 5.56. The smallest absolute Gasteiger partial charge is 0.254 e. The molecule has 2 amide bonds. The molecule has 1 aromatic heterocycles. The van der Waals surface area contributed by atoms with Crippen molar-refractivity contribution in [3.05, 3.63) is 35.2 Å². The van der Waals surface area contributed by atoms with Gasteiger partial charge in [0.1, 0.15) is 6.04 Å². The van der Waals surface area contributed by atoms with E-state index < -0.39 is 6.04 Å². The van der Waals surface area contributed by atoms with Crippen molar-refractivity contribution in [2.45, 2.75) is 26.8 Å². The van der Waals surface area contributed by atoms with Crippen molar-refractivity contribution in [1.82, 2.24) is 20.2 Å². The van der Waals surface area contributed by atoms with E-state index >= 15 is 0 Å². The van der Waals surface area contributed by atoms with Crippen LogP contribution in [0.15, 0.2) is 18.2 Å². The van der Waals surface area contributed by atoms with Crippen LogP contribution in [0, 0.1) is 13.8 Å². The zero-order valence-corrected chi connectivity index (χ0v) is 12.9. The Morgan fingerprint density at radius 2 is 1.91 bits per heavy atom. The number of hydrogen-bond donors (Lipinski definition) is 1. The number of piperazine rings is 1. The summed E-state index contributed by atoms with van der Waals surface area (Å²) in [6, 6.07) is 4.84. The molecule has 0 radical (unpaired) electrons. The van der Waals surface area contributed by atoms with Gasteiger partial charge in [0.15, 0.2) is 0 Å². The van der Waals surface area contributed by atoms with Gasteiger partial charge in [-0.2, -0.15) is 0 Å². The van der Waals surface area contributed by atoms with Gasteiger partial charge in [0, 0.05) is 18.7 Å². The van der Waals surface area contributed by atoms with Crippen LogP contribution in [0.5, 0.6) is 0 Å². The van der Waals surface area contributed by atoms with E-state index in [9.17, 15) is 9.59 Å². The van der Waals surface area contributed by atoms with Crippen molar-refractivity contribution in [1.29, 1.82) is 0 Å². The largest absolute Gasteiger partial charge is 0.353 e. The quantitative estimate of drug-likeness (QED) is 0.858. The van der Waals surface area contributed by atoms with Crippen LogP contribution in [-0.4, -0.2) is 45.8 Å². The number of carbonyl (C=O) groups excluding carboxylic acids is 2. The lowest BCUT2D eigenvalue weighted by Gasteiger charge is -2.32. The number of rotatable bonds is 1. The monoisotopic (exact) mass is 298 g/mol. The molecule has 0 bridgehead atoms. The lowest BCUT2D eigenvalue weighted by molar-refractivity contribution is -0.127. The highest BCUT2D eigenvalue weighted by Gasteiger charge is 2.29. The first-order valence-electron chi connectivity index (χ1n) is 7.31. The van der Waals surface area contributed by atoms with Crippen LogP contribution >= 0.6 is 0 Å². The van der Waals surface area contributed by atoms with Crippen LogP contribution in [0.3, 0.4) is 0 Å². The van der Waals surface area contributed by atoms with E-state index in [0.29, 0.717) is 24.2 Å². The van der Waals surface area contributed by atoms with E-state index in [1.807, 2.05) is 13.8 Å². The normalized spacial score (nSPS) is 18.4. The van der Waals surface area contributed by atoms with Gasteiger partial charge in [-0.15, -0.1) is 0 Å². The van der Waals surface area contributed by atoms with E-state index in [1.165, 1.54) is 0 Å². The maximum absolute atomic E-state index is 12.6. The molecule has 1 N–H and O–H groups in total. The van der Waals surface area contributed by atoms with Crippen LogP contribution < -0.4 is 5.32 Å². The van der Waals surface area contributed by atoms with E-state index in [1.54, 1.807) is 30.0 Å². The lowest BCUT2D eigenvalue weighted by Crippen LogP contribution is -2.55. The Labute approximate surface area is 128 Å². The number of benzene rings is 1. The minimum absolute atomic E-state index is 0.119. The summed E-state index contributed by atoms with van der Waals surface area (Å²) in [5, 5.41) is 2.76. The van der Waals surface area contributed by atoms with Crippen molar-refractivity contribution in [2.75, 3.05) is 13.1 Å². The molecule has 6 heteroatoms. The summed E-state index contributed by atoms with van der Waals surface area (Å²) in [5.41, 5.74) is 3.73. The van der Waals surface area contributed by atoms with Crippen LogP contribution in [0.25, 0.3) is 11.0 Å². The summed E-state index contributed by atoms with van der Waals surface area (Å²) in [6.45, 7) is 6.55. The number of amides is 2. The Kier molecular flexibility index (Phi) is 3.52. The van der Waals surface area contributed by atoms with Crippen molar-refractivity contribution >= 4 is 22.8 Å². The van der Waals surface area contributed by atoms with Gasteiger partial charge in [-0.3, -0.25) is 9.59 Å². The van der Waals surface area contributed by atoms with Gasteiger partial charge in [0.25, 0.3) is 5.91 Å². The third-order valence-corrected chi connectivity index (χ3v) is 4.08. The molecule has 114 valence electrons. The van der Waals surface area contributed by atoms with Gasteiger partial charge in [0.05, 0.1) is 22.4 Å². The van der Waals surface area contributed by atoms with Gasteiger partial charge < -0.3 is 10.2 Å². The molecule has 1 aliphatic rings. The molecular formula is C16H18N4O2. The lowest BCUT2D eigenvalue weighted by atomic mass is 10.1. The molecule has 1 fully saturated rings. The summed E-state index contributed by atoms with van der Waals surface area (Å²) < 4.78 is 0. The Balaban J connectivity index is 1.97. The number of aryl methyl sites for hydroxylation is 2. The molecule has 6 nitrogen and oxygen atoms in total. The number of carbonyl (C=O) groups is 2. The second kappa shape index (κ2) is 5.36. The molecule has 1 atom stereocenters. The molecule has 0 spiro atoms. The van der Waals surface area contributed by atoms with Crippen molar-refractivity contribution in [2.24, 2.45) is 0 Å². The Bertz CT molecular complexity index is 772. The molecule has 22 heavy (non-hydrogen) atoms. The fraction of sp³-hybridized carbons (Fsp3) is 0.375. The van der Waals surface area contributed by atoms with Crippen LogP contribution in [0.4, 0.5) is 0 Å². The number of hydrogen-bond acceptors (Lipinski definition) is 4. The molecular weight excluding hydrogens is 280 g/mol. The number of aromatic nitrogens is 2. The summed E-state index contributed by atoms with van der Waals surface area (Å²) in [5.74, 6) is -0.268. The highest BCUT2D eigenvalue weighted by atomic mass is 16.2. The highest BCUT2D eigenvalue weighted by molar-refractivity contribution is 6.00. The first-order chi connectivity index (χ1) is 10.5. The summed E-state index contributed by atoms with van der Waals surface area (Å²) in [7, 11) is 0. The third kappa shape index (κ3) is 2.41. The van der Waals surface area contributed by atoms with Crippen LogP contribution in [0.1, 0.15) is 28.7 Å². The maximum Gasteiger partial charge on any atom is 0.254 e. The van der Waals surface area contributed by atoms with Gasteiger partial charge in [-0.05, 0) is 39.0 Å². The predicted octanol–water partition coefficient (Wildman–Crippen LogP) is 1.21. The molecule has 3 rings (SSSR count). The van der Waals surface area contributed by atoms with Crippen LogP contribution in [0.2, 0.25) is 0 Å². The standard InChI is InChI=1S/C16H18N4O2/c1-9-10(2)19-14-8-12(4-5-13(14)18-9)16(22)20-7-6-17-15(21)11(20)3/h4-5,8,11H,6-7H2,1-3H3,(H,17,21). The minimum Gasteiger partial charge on any atom is -0.353 e. The molecule has 0 saturated carbocycles. The van der Waals surface area contributed by atoms with Crippen LogP contribution in [-0.2, 0) is 4.79 Å². The van der Waals surface area contributed by atoms with Gasteiger partial charge in [-0.1, -0.05) is 0 Å². The number of nitrogens with zero attached hydrogens (tertiary/aromatic N) is 3. The predicted molar refractivity (Wildman–Crippen MR) is 82.5 cm³/mol. The Morgan fingerprint density at radius 1 is 1.23 bits per heavy atom. The number of nitrogens with one attached hydrogen (secondary N) is 1. The van der Waals surface area contributed by atoms with Gasteiger partial charge in [-0.25, -0.2) is 9.97 Å². The van der Waals surface area contributed by atoms with E-state index in [4.69, 9.17) is 0 Å². The third-order valence-electron chi connectivity index (χ3n) is 4.08. The van der Waals surface area contributed by atoms with Crippen molar-refractivity contribution in [3.8, 4) is 0 Å². The Morgan fingerprint density at radius 3 is 2.64 bits per heavy atom. The van der Waals surface area contributed by atoms with E-state index in [0.717, 1.165) is 16.9 Å². The SMILES string of the molecule is Cc1nc2ccc(C(=O)N3CCNC(=O)C3C)cc2nc1C. The average Bonchev–Trinajstić information content (AvgIpc) is 2.50. The molecule has 1 saturated heterocycles. The summed E-state index contributed by atoms with van der Waals surface area (Å²) in [6.07, 6.45) is 0. The van der Waals surface area contributed by atoms with E-state index in [-0.39, 0.29) is 11.8 Å². The van der Waals surface area contributed by atoms with E-state index in [2.05, 4.69) is 15.3 Å². The minimum atomic E-state index is -0.456. The average molecular weight is 298 g/mol. The first-order valence-corrected chi connectivity index (χ1v) is 7.31.